The van der Waals surface area contributed by atoms with Crippen LogP contribution in [0.3, 0.4) is 0 Å². The van der Waals surface area contributed by atoms with Crippen LogP contribution >= 0.6 is 0 Å². The topological polar surface area (TPSA) is 105 Å². The van der Waals surface area contributed by atoms with E-state index < -0.39 is 30.1 Å². The number of hydrogen-bond donors (Lipinski definition) is 2. The summed E-state index contributed by atoms with van der Waals surface area (Å²) in [5.41, 5.74) is 3.44. The van der Waals surface area contributed by atoms with Crippen LogP contribution in [0.2, 0.25) is 0 Å². The number of nitrogens with one attached hydrogen (secondary N) is 1. The monoisotopic (exact) mass is 452 g/mol. The fourth-order valence-corrected chi connectivity index (χ4v) is 4.72. The van der Waals surface area contributed by atoms with Crippen LogP contribution in [0.1, 0.15) is 30.9 Å². The molecule has 33 heavy (non-hydrogen) atoms. The Morgan fingerprint density at radius 3 is 2.30 bits per heavy atom. The molecule has 1 saturated heterocycles. The van der Waals surface area contributed by atoms with Crippen molar-refractivity contribution in [2.75, 3.05) is 32.9 Å². The van der Waals surface area contributed by atoms with Crippen molar-refractivity contribution in [3.05, 3.63) is 59.7 Å². The van der Waals surface area contributed by atoms with E-state index in [1.165, 1.54) is 4.90 Å². The minimum Gasteiger partial charge on any atom is -0.480 e. The van der Waals surface area contributed by atoms with Crippen molar-refractivity contribution in [1.82, 2.24) is 10.2 Å². The Labute approximate surface area is 192 Å². The first-order chi connectivity index (χ1) is 15.8. The van der Waals surface area contributed by atoms with Gasteiger partial charge in [-0.3, -0.25) is 9.59 Å². The first-order valence-corrected chi connectivity index (χ1v) is 11.1. The number of carbonyl (C=O) groups is 3. The molecular formula is C25H28N2O6. The predicted molar refractivity (Wildman–Crippen MR) is 121 cm³/mol. The van der Waals surface area contributed by atoms with Crippen LogP contribution in [-0.2, 0) is 19.1 Å². The van der Waals surface area contributed by atoms with Gasteiger partial charge < -0.3 is 24.8 Å². The summed E-state index contributed by atoms with van der Waals surface area (Å²) in [4.78, 5) is 38.1. The molecule has 8 nitrogen and oxygen atoms in total. The van der Waals surface area contributed by atoms with Crippen molar-refractivity contribution in [2.24, 2.45) is 5.41 Å². The number of amides is 2. The summed E-state index contributed by atoms with van der Waals surface area (Å²) in [6.45, 7) is 3.65. The molecule has 0 bridgehead atoms. The van der Waals surface area contributed by atoms with Crippen LogP contribution in [-0.4, -0.2) is 66.9 Å². The summed E-state index contributed by atoms with van der Waals surface area (Å²) in [6.07, 6.45) is -0.632. The minimum atomic E-state index is -1.09. The number of carboxylic acids is 1. The summed E-state index contributed by atoms with van der Waals surface area (Å²) in [5.74, 6) is -1.52. The van der Waals surface area contributed by atoms with Crippen LogP contribution in [0.15, 0.2) is 48.5 Å². The molecule has 1 heterocycles. The van der Waals surface area contributed by atoms with Gasteiger partial charge in [0, 0.05) is 12.5 Å². The molecule has 0 aromatic heterocycles. The second kappa shape index (κ2) is 9.23. The summed E-state index contributed by atoms with van der Waals surface area (Å²) in [5, 5.41) is 11.9. The molecule has 1 aliphatic carbocycles. The number of rotatable bonds is 7. The maximum atomic E-state index is 13.1. The van der Waals surface area contributed by atoms with Gasteiger partial charge in [0.15, 0.2) is 0 Å². The number of alkyl carbamates (subject to hydrolysis) is 1. The van der Waals surface area contributed by atoms with Crippen LogP contribution in [0.25, 0.3) is 11.1 Å². The molecule has 0 radical (unpaired) electrons. The zero-order valence-electron chi connectivity index (χ0n) is 18.7. The van der Waals surface area contributed by atoms with Gasteiger partial charge in [-0.15, -0.1) is 0 Å². The average Bonchev–Trinajstić information content (AvgIpc) is 3.34. The van der Waals surface area contributed by atoms with E-state index >= 15 is 0 Å². The first-order valence-electron chi connectivity index (χ1n) is 11.1. The second-order valence-electron chi connectivity index (χ2n) is 8.67. The highest BCUT2D eigenvalue weighted by molar-refractivity contribution is 5.87. The number of nitrogens with zero attached hydrogens (tertiary/aromatic N) is 1. The molecule has 4 rings (SSSR count). The molecule has 1 aliphatic heterocycles. The maximum absolute atomic E-state index is 13.1. The fourth-order valence-electron chi connectivity index (χ4n) is 4.72. The Bertz CT molecular complexity index is 1020. The Kier molecular flexibility index (Phi) is 6.37. The minimum absolute atomic E-state index is 0.0675. The lowest BCUT2D eigenvalue weighted by molar-refractivity contribution is -0.149. The Morgan fingerprint density at radius 1 is 1.12 bits per heavy atom. The zero-order chi connectivity index (χ0) is 23.6. The third kappa shape index (κ3) is 4.30. The lowest BCUT2D eigenvalue weighted by Crippen LogP contribution is -2.55. The molecular weight excluding hydrogens is 424 g/mol. The number of fused-ring (bicyclic) bond motifs is 3. The van der Waals surface area contributed by atoms with E-state index in [0.717, 1.165) is 22.3 Å². The first kappa shape index (κ1) is 22.8. The molecule has 1 fully saturated rings. The third-order valence-corrected chi connectivity index (χ3v) is 6.57. The number of likely N-dealkylation sites (N-methyl/N-ethyl adjacent to an activating group) is 1. The molecule has 174 valence electrons. The van der Waals surface area contributed by atoms with Gasteiger partial charge in [-0.2, -0.15) is 0 Å². The fraction of sp³-hybridized carbons (Fsp3) is 0.400. The number of carboxylic acid groups (broad SMARTS) is 1. The van der Waals surface area contributed by atoms with Crippen molar-refractivity contribution in [1.29, 1.82) is 0 Å². The smallest absolute Gasteiger partial charge is 0.407 e. The standard InChI is InChI=1S/C25H28N2O6/c1-3-27(12-22(28)29)23(30)25(2)15-32-14-21(25)26-24(31)33-13-20-18-10-6-4-8-16(18)17-9-5-7-11-19(17)20/h4-11,20-21H,3,12-15H2,1-2H3,(H,26,31)(H,28,29). The molecule has 2 aromatic carbocycles. The van der Waals surface area contributed by atoms with Gasteiger partial charge in [-0.05, 0) is 36.1 Å². The summed E-state index contributed by atoms with van der Waals surface area (Å²) in [6, 6.07) is 15.5. The molecule has 0 saturated carbocycles. The van der Waals surface area contributed by atoms with Gasteiger partial charge in [0.2, 0.25) is 5.91 Å². The number of aliphatic carboxylic acids is 1. The summed E-state index contributed by atoms with van der Waals surface area (Å²) in [7, 11) is 0. The van der Waals surface area contributed by atoms with Crippen molar-refractivity contribution < 1.29 is 29.0 Å². The lowest BCUT2D eigenvalue weighted by atomic mass is 9.83. The Hall–Kier alpha value is -3.39. The van der Waals surface area contributed by atoms with Crippen LogP contribution < -0.4 is 5.32 Å². The maximum Gasteiger partial charge on any atom is 0.407 e. The Balaban J connectivity index is 1.43. The molecule has 2 aromatic rings. The highest BCUT2D eigenvalue weighted by atomic mass is 16.5. The van der Waals surface area contributed by atoms with E-state index in [9.17, 15) is 14.4 Å². The number of ether oxygens (including phenoxy) is 2. The number of benzene rings is 2. The molecule has 2 amide bonds. The van der Waals surface area contributed by atoms with Crippen LogP contribution in [0, 0.1) is 5.41 Å². The van der Waals surface area contributed by atoms with Crippen LogP contribution in [0.4, 0.5) is 4.79 Å². The van der Waals surface area contributed by atoms with Crippen molar-refractivity contribution in [2.45, 2.75) is 25.8 Å². The average molecular weight is 453 g/mol. The molecule has 8 heteroatoms. The van der Waals surface area contributed by atoms with Gasteiger partial charge in [0.05, 0.1) is 24.7 Å². The van der Waals surface area contributed by atoms with Crippen molar-refractivity contribution in [3.63, 3.8) is 0 Å². The molecule has 2 aliphatic rings. The van der Waals surface area contributed by atoms with E-state index in [0.29, 0.717) is 0 Å². The van der Waals surface area contributed by atoms with E-state index in [2.05, 4.69) is 17.4 Å². The molecule has 2 N–H and O–H groups in total. The van der Waals surface area contributed by atoms with E-state index in [-0.39, 0.29) is 38.2 Å². The van der Waals surface area contributed by atoms with E-state index in [1.54, 1.807) is 13.8 Å². The number of hydrogen-bond acceptors (Lipinski definition) is 5. The number of carbonyl (C=O) groups excluding carboxylic acids is 2. The van der Waals surface area contributed by atoms with Crippen molar-refractivity contribution >= 4 is 18.0 Å². The molecule has 2 atom stereocenters. The second-order valence-corrected chi connectivity index (χ2v) is 8.67. The lowest BCUT2D eigenvalue weighted by Gasteiger charge is -2.33. The van der Waals surface area contributed by atoms with Gasteiger partial charge in [-0.1, -0.05) is 48.5 Å². The predicted octanol–water partition coefficient (Wildman–Crippen LogP) is 2.86. The Morgan fingerprint density at radius 2 is 1.73 bits per heavy atom. The van der Waals surface area contributed by atoms with E-state index in [1.807, 2.05) is 36.4 Å². The SMILES string of the molecule is CCN(CC(=O)O)C(=O)C1(C)COCC1NC(=O)OCC1c2ccccc2-c2ccccc21. The molecule has 0 spiro atoms. The van der Waals surface area contributed by atoms with Gasteiger partial charge >= 0.3 is 12.1 Å². The largest absolute Gasteiger partial charge is 0.480 e. The highest BCUT2D eigenvalue weighted by Gasteiger charge is 2.49. The van der Waals surface area contributed by atoms with E-state index in [4.69, 9.17) is 14.6 Å². The van der Waals surface area contributed by atoms with Gasteiger partial charge in [-0.25, -0.2) is 4.79 Å². The zero-order valence-corrected chi connectivity index (χ0v) is 18.7. The third-order valence-electron chi connectivity index (χ3n) is 6.57. The summed E-state index contributed by atoms with van der Waals surface area (Å²) < 4.78 is 11.1. The van der Waals surface area contributed by atoms with Gasteiger partial charge in [0.1, 0.15) is 13.2 Å². The molecule has 2 unspecified atom stereocenters. The normalized spacial score (nSPS) is 21.2. The van der Waals surface area contributed by atoms with Gasteiger partial charge in [0.25, 0.3) is 0 Å². The highest BCUT2D eigenvalue weighted by Crippen LogP contribution is 2.44. The van der Waals surface area contributed by atoms with Crippen LogP contribution in [0.5, 0.6) is 0 Å². The quantitative estimate of drug-likeness (QED) is 0.669. The van der Waals surface area contributed by atoms with Crippen molar-refractivity contribution in [3.8, 4) is 11.1 Å². The summed E-state index contributed by atoms with van der Waals surface area (Å²) >= 11 is 0.